The normalized spacial score (nSPS) is 40.0. The van der Waals surface area contributed by atoms with Crippen LogP contribution in [0.1, 0.15) is 52.4 Å². The van der Waals surface area contributed by atoms with E-state index >= 15 is 0 Å². The number of hydrogen-bond donors (Lipinski definition) is 0. The molecule has 2 saturated carbocycles. The number of thioether (sulfide) groups is 1. The quantitative estimate of drug-likeness (QED) is 0.572. The summed E-state index contributed by atoms with van der Waals surface area (Å²) in [5, 5.41) is 0. The smallest absolute Gasteiger partial charge is 0.0187 e. The second kappa shape index (κ2) is 6.83. The van der Waals surface area contributed by atoms with Gasteiger partial charge < -0.3 is 0 Å². The van der Waals surface area contributed by atoms with Gasteiger partial charge in [0.2, 0.25) is 0 Å². The van der Waals surface area contributed by atoms with Gasteiger partial charge >= 0.3 is 0 Å². The van der Waals surface area contributed by atoms with Crippen LogP contribution in [0.4, 0.5) is 0 Å². The zero-order chi connectivity index (χ0) is 11.3. The highest BCUT2D eigenvalue weighted by atomic mass is 32.2. The Hall–Kier alpha value is 0.350. The third kappa shape index (κ3) is 3.69. The van der Waals surface area contributed by atoms with Crippen LogP contribution in [-0.2, 0) is 0 Å². The van der Waals surface area contributed by atoms with E-state index in [-0.39, 0.29) is 0 Å². The lowest BCUT2D eigenvalue weighted by Gasteiger charge is -2.43. The molecule has 0 amide bonds. The van der Waals surface area contributed by atoms with E-state index in [1.165, 1.54) is 38.5 Å². The van der Waals surface area contributed by atoms with Crippen molar-refractivity contribution in [2.45, 2.75) is 52.4 Å². The van der Waals surface area contributed by atoms with Crippen LogP contribution in [-0.4, -0.2) is 12.5 Å². The van der Waals surface area contributed by atoms with E-state index in [4.69, 9.17) is 0 Å². The van der Waals surface area contributed by atoms with Crippen LogP contribution in [0.5, 0.6) is 0 Å². The molecular formula is C14H28S. The first-order valence-corrected chi connectivity index (χ1v) is 8.24. The number of rotatable bonds is 0. The molecule has 0 aromatic rings. The molecule has 0 aromatic carbocycles. The lowest BCUT2D eigenvalue weighted by molar-refractivity contribution is 0.0672. The fraction of sp³-hybridized carbons (Fsp3) is 1.00. The van der Waals surface area contributed by atoms with Crippen molar-refractivity contribution in [1.82, 2.24) is 0 Å². The molecule has 0 bridgehead atoms. The molecule has 2 fully saturated rings. The molecule has 2 aliphatic rings. The van der Waals surface area contributed by atoms with E-state index < -0.39 is 0 Å². The molecule has 15 heavy (non-hydrogen) atoms. The molecule has 0 spiro atoms. The summed E-state index contributed by atoms with van der Waals surface area (Å²) in [7, 11) is 0. The minimum atomic E-state index is 1.03. The average Bonchev–Trinajstić information content (AvgIpc) is 2.25. The first-order chi connectivity index (χ1) is 7.20. The van der Waals surface area contributed by atoms with E-state index in [9.17, 15) is 0 Å². The predicted octanol–water partition coefficient (Wildman–Crippen LogP) is 4.84. The minimum absolute atomic E-state index is 1.03. The highest BCUT2D eigenvalue weighted by molar-refractivity contribution is 7.97. The Labute approximate surface area is 101 Å². The fourth-order valence-electron chi connectivity index (χ4n) is 3.56. The second-order valence-electron chi connectivity index (χ2n) is 5.55. The third-order valence-electron chi connectivity index (χ3n) is 4.41. The van der Waals surface area contributed by atoms with Crippen molar-refractivity contribution in [2.75, 3.05) is 12.5 Å². The van der Waals surface area contributed by atoms with Crippen LogP contribution in [0.3, 0.4) is 0 Å². The van der Waals surface area contributed by atoms with E-state index in [0.29, 0.717) is 0 Å². The molecule has 0 aromatic heterocycles. The third-order valence-corrected chi connectivity index (χ3v) is 4.41. The van der Waals surface area contributed by atoms with Crippen LogP contribution >= 0.6 is 11.8 Å². The van der Waals surface area contributed by atoms with Crippen molar-refractivity contribution >= 4 is 11.8 Å². The van der Waals surface area contributed by atoms with Crippen LogP contribution in [0.2, 0.25) is 0 Å². The summed E-state index contributed by atoms with van der Waals surface area (Å²) in [6.07, 6.45) is 13.2. The maximum Gasteiger partial charge on any atom is -0.0187 e. The summed E-state index contributed by atoms with van der Waals surface area (Å²) in [5.41, 5.74) is 0. The Bertz CT molecular complexity index is 149. The molecule has 0 N–H and O–H groups in total. The standard InChI is InChI=1S/C12H22.C2H6S/c1-9-7-8-10(2)12-6-4-3-5-11(9)12;1-3-2/h9-12H,3-8H2,1-2H3;1-2H3. The molecular weight excluding hydrogens is 200 g/mol. The number of fused-ring (bicyclic) bond motifs is 1. The molecule has 0 radical (unpaired) electrons. The molecule has 2 aliphatic carbocycles. The number of hydrogen-bond acceptors (Lipinski definition) is 1. The van der Waals surface area contributed by atoms with Crippen molar-refractivity contribution in [1.29, 1.82) is 0 Å². The summed E-state index contributed by atoms with van der Waals surface area (Å²) in [4.78, 5) is 0. The van der Waals surface area contributed by atoms with Gasteiger partial charge in [-0.25, -0.2) is 0 Å². The van der Waals surface area contributed by atoms with Crippen molar-refractivity contribution in [3.63, 3.8) is 0 Å². The fourth-order valence-corrected chi connectivity index (χ4v) is 3.56. The molecule has 1 heteroatoms. The summed E-state index contributed by atoms with van der Waals surface area (Å²) < 4.78 is 0. The largest absolute Gasteiger partial charge is 0.169 e. The van der Waals surface area contributed by atoms with Gasteiger partial charge in [-0.3, -0.25) is 0 Å². The van der Waals surface area contributed by atoms with Gasteiger partial charge in [0.15, 0.2) is 0 Å². The van der Waals surface area contributed by atoms with Crippen LogP contribution < -0.4 is 0 Å². The van der Waals surface area contributed by atoms with Crippen LogP contribution in [0, 0.1) is 23.7 Å². The second-order valence-corrected chi connectivity index (χ2v) is 6.37. The van der Waals surface area contributed by atoms with E-state index in [2.05, 4.69) is 13.8 Å². The summed E-state index contributed by atoms with van der Waals surface area (Å²) >= 11 is 1.75. The Balaban J connectivity index is 0.000000337. The van der Waals surface area contributed by atoms with Gasteiger partial charge in [-0.05, 0) is 49.0 Å². The molecule has 0 nitrogen and oxygen atoms in total. The summed E-state index contributed by atoms with van der Waals surface area (Å²) in [5.74, 6) is 4.27. The molecule has 0 saturated heterocycles. The Kier molecular flexibility index (Phi) is 6.11. The lowest BCUT2D eigenvalue weighted by atomic mass is 9.62. The Morgan fingerprint density at radius 3 is 1.40 bits per heavy atom. The summed E-state index contributed by atoms with van der Waals surface area (Å²) in [6, 6.07) is 0. The molecule has 0 aliphatic heterocycles. The maximum atomic E-state index is 2.48. The van der Waals surface area contributed by atoms with Gasteiger partial charge in [-0.2, -0.15) is 11.8 Å². The van der Waals surface area contributed by atoms with Gasteiger partial charge in [0.05, 0.1) is 0 Å². The van der Waals surface area contributed by atoms with Gasteiger partial charge in [0, 0.05) is 0 Å². The van der Waals surface area contributed by atoms with E-state index in [0.717, 1.165) is 23.7 Å². The van der Waals surface area contributed by atoms with Gasteiger partial charge in [-0.15, -0.1) is 0 Å². The van der Waals surface area contributed by atoms with E-state index in [1.807, 2.05) is 12.5 Å². The molecule has 0 heterocycles. The highest BCUT2D eigenvalue weighted by Crippen LogP contribution is 2.46. The molecule has 90 valence electrons. The van der Waals surface area contributed by atoms with E-state index in [1.54, 1.807) is 11.8 Å². The molecule has 4 unspecified atom stereocenters. The zero-order valence-corrected chi connectivity index (χ0v) is 11.8. The maximum absolute atomic E-state index is 2.48. The Morgan fingerprint density at radius 2 is 1.07 bits per heavy atom. The highest BCUT2D eigenvalue weighted by Gasteiger charge is 2.36. The predicted molar refractivity (Wildman–Crippen MR) is 72.4 cm³/mol. The van der Waals surface area contributed by atoms with Gasteiger partial charge in [0.25, 0.3) is 0 Å². The van der Waals surface area contributed by atoms with Crippen molar-refractivity contribution in [3.05, 3.63) is 0 Å². The van der Waals surface area contributed by atoms with Crippen LogP contribution in [0.25, 0.3) is 0 Å². The zero-order valence-electron chi connectivity index (χ0n) is 11.0. The monoisotopic (exact) mass is 228 g/mol. The summed E-state index contributed by atoms with van der Waals surface area (Å²) in [6.45, 7) is 4.96. The van der Waals surface area contributed by atoms with Crippen molar-refractivity contribution < 1.29 is 0 Å². The average molecular weight is 228 g/mol. The lowest BCUT2D eigenvalue weighted by Crippen LogP contribution is -2.34. The Morgan fingerprint density at radius 1 is 0.733 bits per heavy atom. The van der Waals surface area contributed by atoms with Crippen LogP contribution in [0.15, 0.2) is 0 Å². The molecule has 4 atom stereocenters. The minimum Gasteiger partial charge on any atom is -0.169 e. The topological polar surface area (TPSA) is 0 Å². The van der Waals surface area contributed by atoms with Gasteiger partial charge in [0.1, 0.15) is 0 Å². The first kappa shape index (κ1) is 13.4. The first-order valence-electron chi connectivity index (χ1n) is 6.60. The van der Waals surface area contributed by atoms with Crippen molar-refractivity contribution in [2.24, 2.45) is 23.7 Å². The SMILES string of the molecule is CC1CCC(C)C2CCCCC12.CSC. The van der Waals surface area contributed by atoms with Crippen molar-refractivity contribution in [3.8, 4) is 0 Å². The van der Waals surface area contributed by atoms with Gasteiger partial charge in [-0.1, -0.05) is 39.5 Å². The molecule has 2 rings (SSSR count).